The van der Waals surface area contributed by atoms with E-state index in [1.165, 1.54) is 6.08 Å². The number of hydrogen-bond acceptors (Lipinski definition) is 3. The van der Waals surface area contributed by atoms with Crippen LogP contribution in [0.15, 0.2) is 65.1 Å². The van der Waals surface area contributed by atoms with E-state index in [4.69, 9.17) is 4.74 Å². The van der Waals surface area contributed by atoms with Crippen LogP contribution in [0.3, 0.4) is 0 Å². The average molecular weight is 346 g/mol. The molecule has 0 radical (unpaired) electrons. The number of carbonyl (C=O) groups is 1. The predicted molar refractivity (Wildman–Crippen MR) is 88.8 cm³/mol. The minimum atomic E-state index is -0.362. The number of ether oxygens (including phenoxy) is 1. The Hall–Kier alpha value is -2.07. The van der Waals surface area contributed by atoms with Crippen LogP contribution in [0.25, 0.3) is 5.70 Å². The van der Waals surface area contributed by atoms with Gasteiger partial charge in [-0.1, -0.05) is 46.3 Å². The zero-order valence-corrected chi connectivity index (χ0v) is 13.3. The van der Waals surface area contributed by atoms with Gasteiger partial charge in [-0.05, 0) is 36.8 Å². The Morgan fingerprint density at radius 3 is 2.43 bits per heavy atom. The smallest absolute Gasteiger partial charge is 0.332 e. The van der Waals surface area contributed by atoms with Gasteiger partial charge in [0.05, 0.1) is 12.3 Å². The molecule has 0 unspecified atom stereocenters. The molecule has 1 N–H and O–H groups in total. The summed E-state index contributed by atoms with van der Waals surface area (Å²) in [5.74, 6) is -0.362. The molecule has 3 nitrogen and oxygen atoms in total. The SMILES string of the molecule is CCOC(=O)/C=C(\Nc1ccccc1)c1ccc(Br)cc1. The van der Waals surface area contributed by atoms with Crippen molar-refractivity contribution in [2.24, 2.45) is 0 Å². The number of benzene rings is 2. The van der Waals surface area contributed by atoms with E-state index in [0.717, 1.165) is 15.7 Å². The van der Waals surface area contributed by atoms with Gasteiger partial charge in [0.15, 0.2) is 0 Å². The maximum atomic E-state index is 11.7. The lowest BCUT2D eigenvalue weighted by Crippen LogP contribution is -2.05. The number of esters is 1. The van der Waals surface area contributed by atoms with Crippen LogP contribution in [0.2, 0.25) is 0 Å². The van der Waals surface area contributed by atoms with E-state index >= 15 is 0 Å². The highest BCUT2D eigenvalue weighted by Gasteiger charge is 2.06. The fourth-order valence-corrected chi connectivity index (χ4v) is 2.06. The molecule has 2 aromatic carbocycles. The second kappa shape index (κ2) is 7.64. The van der Waals surface area contributed by atoms with Gasteiger partial charge in [0.2, 0.25) is 0 Å². The summed E-state index contributed by atoms with van der Waals surface area (Å²) < 4.78 is 5.98. The predicted octanol–water partition coefficient (Wildman–Crippen LogP) is 4.47. The molecular weight excluding hydrogens is 330 g/mol. The van der Waals surface area contributed by atoms with Crippen LogP contribution in [0.1, 0.15) is 12.5 Å². The van der Waals surface area contributed by atoms with Gasteiger partial charge in [0.25, 0.3) is 0 Å². The van der Waals surface area contributed by atoms with E-state index in [0.29, 0.717) is 12.3 Å². The Kier molecular flexibility index (Phi) is 5.58. The fourth-order valence-electron chi connectivity index (χ4n) is 1.80. The van der Waals surface area contributed by atoms with Crippen molar-refractivity contribution in [3.8, 4) is 0 Å². The van der Waals surface area contributed by atoms with E-state index in [2.05, 4.69) is 21.2 Å². The molecule has 0 aliphatic rings. The summed E-state index contributed by atoms with van der Waals surface area (Å²) in [6, 6.07) is 17.4. The molecule has 4 heteroatoms. The summed E-state index contributed by atoms with van der Waals surface area (Å²) >= 11 is 3.41. The molecule has 0 aliphatic heterocycles. The summed E-state index contributed by atoms with van der Waals surface area (Å²) in [5.41, 5.74) is 2.53. The maximum absolute atomic E-state index is 11.7. The topological polar surface area (TPSA) is 38.3 Å². The van der Waals surface area contributed by atoms with E-state index < -0.39 is 0 Å². The van der Waals surface area contributed by atoms with Crippen LogP contribution < -0.4 is 5.32 Å². The Balaban J connectivity index is 2.30. The zero-order chi connectivity index (χ0) is 15.1. The molecule has 0 saturated heterocycles. The van der Waals surface area contributed by atoms with Gasteiger partial charge < -0.3 is 10.1 Å². The van der Waals surface area contributed by atoms with E-state index in [-0.39, 0.29) is 5.97 Å². The van der Waals surface area contributed by atoms with E-state index in [1.54, 1.807) is 6.92 Å². The number of nitrogens with one attached hydrogen (secondary N) is 1. The lowest BCUT2D eigenvalue weighted by atomic mass is 10.1. The molecule has 21 heavy (non-hydrogen) atoms. The standard InChI is InChI=1S/C17H16BrNO2/c1-2-21-17(20)12-16(13-8-10-14(18)11-9-13)19-15-6-4-3-5-7-15/h3-12,19H,2H2,1H3/b16-12-. The Morgan fingerprint density at radius 1 is 1.14 bits per heavy atom. The Bertz CT molecular complexity index is 621. The van der Waals surface area contributed by atoms with Gasteiger partial charge in [-0.2, -0.15) is 0 Å². The molecule has 0 aromatic heterocycles. The Labute approximate surface area is 132 Å². The number of halogens is 1. The van der Waals surface area contributed by atoms with Crippen molar-refractivity contribution < 1.29 is 9.53 Å². The number of hydrogen-bond donors (Lipinski definition) is 1. The second-order valence-corrected chi connectivity index (χ2v) is 5.22. The van der Waals surface area contributed by atoms with Crippen molar-refractivity contribution in [1.29, 1.82) is 0 Å². The molecule has 0 amide bonds. The quantitative estimate of drug-likeness (QED) is 0.641. The largest absolute Gasteiger partial charge is 0.463 e. The van der Waals surface area contributed by atoms with E-state index in [1.807, 2.05) is 54.6 Å². The number of para-hydroxylation sites is 1. The molecule has 108 valence electrons. The lowest BCUT2D eigenvalue weighted by molar-refractivity contribution is -0.137. The number of rotatable bonds is 5. The summed E-state index contributed by atoms with van der Waals surface area (Å²) in [6.45, 7) is 2.14. The highest BCUT2D eigenvalue weighted by atomic mass is 79.9. The fraction of sp³-hybridized carbons (Fsp3) is 0.118. The van der Waals surface area contributed by atoms with Crippen LogP contribution >= 0.6 is 15.9 Å². The molecule has 2 aromatic rings. The van der Waals surface area contributed by atoms with Crippen molar-refractivity contribution in [2.45, 2.75) is 6.92 Å². The third-order valence-corrected chi connectivity index (χ3v) is 3.29. The monoisotopic (exact) mass is 345 g/mol. The van der Waals surface area contributed by atoms with Crippen LogP contribution in [0, 0.1) is 0 Å². The zero-order valence-electron chi connectivity index (χ0n) is 11.7. The van der Waals surface area contributed by atoms with Gasteiger partial charge in [0, 0.05) is 16.2 Å². The molecule has 0 spiro atoms. The second-order valence-electron chi connectivity index (χ2n) is 4.31. The van der Waals surface area contributed by atoms with Crippen LogP contribution in [0.5, 0.6) is 0 Å². The Morgan fingerprint density at radius 2 is 1.81 bits per heavy atom. The highest BCUT2D eigenvalue weighted by Crippen LogP contribution is 2.20. The number of anilines is 1. The molecule has 0 atom stereocenters. The van der Waals surface area contributed by atoms with E-state index in [9.17, 15) is 4.79 Å². The third kappa shape index (κ3) is 4.76. The van der Waals surface area contributed by atoms with Crippen molar-refractivity contribution in [1.82, 2.24) is 0 Å². The number of carbonyl (C=O) groups excluding carboxylic acids is 1. The molecule has 0 bridgehead atoms. The molecule has 0 heterocycles. The van der Waals surface area contributed by atoms with Gasteiger partial charge in [0.1, 0.15) is 0 Å². The molecule has 0 aliphatic carbocycles. The first-order chi connectivity index (χ1) is 10.2. The van der Waals surface area contributed by atoms with Crippen molar-refractivity contribution in [3.05, 3.63) is 70.7 Å². The minimum Gasteiger partial charge on any atom is -0.463 e. The normalized spacial score (nSPS) is 11.0. The third-order valence-electron chi connectivity index (χ3n) is 2.76. The van der Waals surface area contributed by atoms with Crippen LogP contribution in [-0.2, 0) is 9.53 Å². The lowest BCUT2D eigenvalue weighted by Gasteiger charge is -2.11. The molecule has 2 rings (SSSR count). The van der Waals surface area contributed by atoms with Gasteiger partial charge in [-0.15, -0.1) is 0 Å². The molecule has 0 fully saturated rings. The van der Waals surface area contributed by atoms with Crippen molar-refractivity contribution >= 4 is 33.3 Å². The summed E-state index contributed by atoms with van der Waals surface area (Å²) in [5, 5.41) is 3.25. The van der Waals surface area contributed by atoms with Gasteiger partial charge in [-0.25, -0.2) is 4.79 Å². The van der Waals surface area contributed by atoms with Crippen LogP contribution in [0.4, 0.5) is 5.69 Å². The molecular formula is C17H16BrNO2. The van der Waals surface area contributed by atoms with Gasteiger partial charge in [-0.3, -0.25) is 0 Å². The van der Waals surface area contributed by atoms with Crippen molar-refractivity contribution in [2.75, 3.05) is 11.9 Å². The van der Waals surface area contributed by atoms with Crippen LogP contribution in [-0.4, -0.2) is 12.6 Å². The minimum absolute atomic E-state index is 0.355. The average Bonchev–Trinajstić information content (AvgIpc) is 2.49. The summed E-state index contributed by atoms with van der Waals surface area (Å²) in [4.78, 5) is 11.7. The first kappa shape index (κ1) is 15.3. The highest BCUT2D eigenvalue weighted by molar-refractivity contribution is 9.10. The first-order valence-electron chi connectivity index (χ1n) is 6.65. The summed E-state index contributed by atoms with van der Waals surface area (Å²) in [6.07, 6.45) is 1.47. The molecule has 0 saturated carbocycles. The summed E-state index contributed by atoms with van der Waals surface area (Å²) in [7, 11) is 0. The van der Waals surface area contributed by atoms with Gasteiger partial charge >= 0.3 is 5.97 Å². The van der Waals surface area contributed by atoms with Crippen molar-refractivity contribution in [3.63, 3.8) is 0 Å². The first-order valence-corrected chi connectivity index (χ1v) is 7.45. The maximum Gasteiger partial charge on any atom is 0.332 e.